The standard InChI is InChI=1S/C24H26FN7O2S/c1-16(17-3-5-18(25)6-4-17)30-35(33,34)20-7-8-22(27-13-20)31(2)19-10-12-32(14-19)24-21-9-11-26-23(21)28-15-29-24/h3-9,11,13,15-16,19,30H,10,12,14H2,1-2H3,(H,26,28,29)/t16-,19+/m0/s1. The number of nitrogens with one attached hydrogen (secondary N) is 2. The molecule has 3 aromatic heterocycles. The van der Waals surface area contributed by atoms with Crippen molar-refractivity contribution in [2.45, 2.75) is 30.3 Å². The Morgan fingerprint density at radius 3 is 2.69 bits per heavy atom. The molecule has 182 valence electrons. The van der Waals surface area contributed by atoms with Crippen molar-refractivity contribution in [3.8, 4) is 0 Å². The van der Waals surface area contributed by atoms with Crippen molar-refractivity contribution in [1.29, 1.82) is 0 Å². The highest BCUT2D eigenvalue weighted by atomic mass is 32.2. The number of aromatic nitrogens is 4. The van der Waals surface area contributed by atoms with E-state index >= 15 is 0 Å². The van der Waals surface area contributed by atoms with Crippen molar-refractivity contribution >= 4 is 32.7 Å². The zero-order chi connectivity index (χ0) is 24.6. The van der Waals surface area contributed by atoms with Gasteiger partial charge in [-0.3, -0.25) is 0 Å². The van der Waals surface area contributed by atoms with Crippen LogP contribution in [-0.2, 0) is 10.0 Å². The molecule has 0 aliphatic carbocycles. The maximum Gasteiger partial charge on any atom is 0.242 e. The SMILES string of the molecule is C[C@H](NS(=O)(=O)c1ccc(N(C)[C@@H]2CCN(c3ncnc4[nH]ccc34)C2)nc1)c1ccc(F)cc1. The molecular weight excluding hydrogens is 469 g/mol. The van der Waals surface area contributed by atoms with E-state index < -0.39 is 16.1 Å². The van der Waals surface area contributed by atoms with Gasteiger partial charge in [-0.1, -0.05) is 12.1 Å². The van der Waals surface area contributed by atoms with Crippen molar-refractivity contribution in [3.05, 3.63) is 72.6 Å². The van der Waals surface area contributed by atoms with Crippen LogP contribution >= 0.6 is 0 Å². The van der Waals surface area contributed by atoms with Gasteiger partial charge in [0, 0.05) is 44.6 Å². The molecule has 0 unspecified atom stereocenters. The van der Waals surface area contributed by atoms with E-state index in [1.165, 1.54) is 18.3 Å². The predicted molar refractivity (Wildman–Crippen MR) is 132 cm³/mol. The monoisotopic (exact) mass is 495 g/mol. The molecule has 5 rings (SSSR count). The average Bonchev–Trinajstić information content (AvgIpc) is 3.54. The molecule has 9 nitrogen and oxygen atoms in total. The fourth-order valence-corrected chi connectivity index (χ4v) is 5.58. The Hall–Kier alpha value is -3.57. The van der Waals surface area contributed by atoms with Crippen LogP contribution in [0.5, 0.6) is 0 Å². The number of hydrogen-bond donors (Lipinski definition) is 2. The molecule has 2 N–H and O–H groups in total. The normalized spacial score (nSPS) is 17.1. The summed E-state index contributed by atoms with van der Waals surface area (Å²) in [7, 11) is -1.83. The van der Waals surface area contributed by atoms with Gasteiger partial charge in [-0.05, 0) is 49.2 Å². The van der Waals surface area contributed by atoms with Gasteiger partial charge in [0.1, 0.15) is 34.3 Å². The number of benzene rings is 1. The number of aromatic amines is 1. The highest BCUT2D eigenvalue weighted by Gasteiger charge is 2.29. The van der Waals surface area contributed by atoms with Crippen molar-refractivity contribution in [1.82, 2.24) is 24.7 Å². The van der Waals surface area contributed by atoms with Crippen LogP contribution in [0.2, 0.25) is 0 Å². The molecule has 0 radical (unpaired) electrons. The Bertz CT molecular complexity index is 1420. The highest BCUT2D eigenvalue weighted by Crippen LogP contribution is 2.28. The fourth-order valence-electron chi connectivity index (χ4n) is 4.41. The minimum atomic E-state index is -3.79. The third-order valence-electron chi connectivity index (χ3n) is 6.44. The number of rotatable bonds is 7. The fraction of sp³-hybridized carbons (Fsp3) is 0.292. The minimum absolute atomic E-state index is 0.0764. The summed E-state index contributed by atoms with van der Waals surface area (Å²) in [6, 6.07) is 10.7. The van der Waals surface area contributed by atoms with E-state index in [0.29, 0.717) is 11.4 Å². The second-order valence-electron chi connectivity index (χ2n) is 8.68. The van der Waals surface area contributed by atoms with E-state index in [2.05, 4.69) is 34.5 Å². The van der Waals surface area contributed by atoms with Gasteiger partial charge in [0.25, 0.3) is 0 Å². The lowest BCUT2D eigenvalue weighted by atomic mass is 10.1. The number of hydrogen-bond acceptors (Lipinski definition) is 7. The lowest BCUT2D eigenvalue weighted by Crippen LogP contribution is -2.35. The first-order valence-corrected chi connectivity index (χ1v) is 12.8. The minimum Gasteiger partial charge on any atom is -0.355 e. The zero-order valence-electron chi connectivity index (χ0n) is 19.4. The van der Waals surface area contributed by atoms with Crippen LogP contribution in [0.25, 0.3) is 11.0 Å². The molecule has 4 aromatic rings. The van der Waals surface area contributed by atoms with Gasteiger partial charge >= 0.3 is 0 Å². The molecule has 35 heavy (non-hydrogen) atoms. The second kappa shape index (κ2) is 9.23. The summed E-state index contributed by atoms with van der Waals surface area (Å²) in [6.45, 7) is 3.33. The van der Waals surface area contributed by atoms with Crippen LogP contribution < -0.4 is 14.5 Å². The highest BCUT2D eigenvalue weighted by molar-refractivity contribution is 7.89. The number of H-pyrrole nitrogens is 1. The summed E-state index contributed by atoms with van der Waals surface area (Å²) in [5.41, 5.74) is 1.48. The van der Waals surface area contributed by atoms with Crippen molar-refractivity contribution in [2.24, 2.45) is 0 Å². The van der Waals surface area contributed by atoms with Crippen molar-refractivity contribution < 1.29 is 12.8 Å². The van der Waals surface area contributed by atoms with Gasteiger partial charge in [-0.15, -0.1) is 0 Å². The summed E-state index contributed by atoms with van der Waals surface area (Å²) in [4.78, 5) is 20.7. The summed E-state index contributed by atoms with van der Waals surface area (Å²) in [5.74, 6) is 1.23. The number of sulfonamides is 1. The Labute approximate surface area is 203 Å². The van der Waals surface area contributed by atoms with E-state index in [1.54, 1.807) is 37.5 Å². The molecule has 11 heteroatoms. The van der Waals surface area contributed by atoms with Gasteiger partial charge in [-0.25, -0.2) is 32.5 Å². The van der Waals surface area contributed by atoms with Crippen LogP contribution in [0, 0.1) is 5.82 Å². The number of halogens is 1. The van der Waals surface area contributed by atoms with Gasteiger partial charge in [0.15, 0.2) is 0 Å². The molecule has 0 spiro atoms. The van der Waals surface area contributed by atoms with Crippen LogP contribution in [0.15, 0.2) is 66.1 Å². The van der Waals surface area contributed by atoms with Crippen LogP contribution in [0.4, 0.5) is 16.0 Å². The maximum absolute atomic E-state index is 13.2. The maximum atomic E-state index is 13.2. The van der Waals surface area contributed by atoms with Gasteiger partial charge < -0.3 is 14.8 Å². The van der Waals surface area contributed by atoms with E-state index in [9.17, 15) is 12.8 Å². The zero-order valence-corrected chi connectivity index (χ0v) is 20.2. The number of anilines is 2. The first-order valence-electron chi connectivity index (χ1n) is 11.3. The van der Waals surface area contributed by atoms with Crippen LogP contribution in [0.3, 0.4) is 0 Å². The topological polar surface area (TPSA) is 107 Å². The molecule has 2 atom stereocenters. The Balaban J connectivity index is 1.26. The van der Waals surface area contributed by atoms with Gasteiger partial charge in [0.05, 0.1) is 5.39 Å². The number of pyridine rings is 1. The first-order chi connectivity index (χ1) is 16.8. The average molecular weight is 496 g/mol. The summed E-state index contributed by atoms with van der Waals surface area (Å²) >= 11 is 0. The predicted octanol–water partition coefficient (Wildman–Crippen LogP) is 3.25. The van der Waals surface area contributed by atoms with Crippen LogP contribution in [0.1, 0.15) is 24.9 Å². The van der Waals surface area contributed by atoms with Crippen molar-refractivity contribution in [2.75, 3.05) is 29.9 Å². The number of nitrogens with zero attached hydrogens (tertiary/aromatic N) is 5. The summed E-state index contributed by atoms with van der Waals surface area (Å²) in [5, 5.41) is 0.992. The third-order valence-corrected chi connectivity index (χ3v) is 7.96. The first kappa shape index (κ1) is 23.2. The largest absolute Gasteiger partial charge is 0.355 e. The molecule has 0 amide bonds. The van der Waals surface area contributed by atoms with E-state index in [-0.39, 0.29) is 16.8 Å². The lowest BCUT2D eigenvalue weighted by molar-refractivity contribution is 0.566. The summed E-state index contributed by atoms with van der Waals surface area (Å²) in [6.07, 6.45) is 5.71. The molecule has 1 saturated heterocycles. The quantitative estimate of drug-likeness (QED) is 0.405. The number of likely N-dealkylation sites (N-methyl/N-ethyl adjacent to an activating group) is 1. The van der Waals surface area contributed by atoms with Crippen molar-refractivity contribution in [3.63, 3.8) is 0 Å². The molecule has 0 saturated carbocycles. The molecule has 1 aliphatic heterocycles. The molecule has 1 aromatic carbocycles. The lowest BCUT2D eigenvalue weighted by Gasteiger charge is -2.26. The molecule has 0 bridgehead atoms. The van der Waals surface area contributed by atoms with Gasteiger partial charge in [-0.2, -0.15) is 0 Å². The Morgan fingerprint density at radius 2 is 1.94 bits per heavy atom. The molecule has 1 fully saturated rings. The van der Waals surface area contributed by atoms with E-state index in [0.717, 1.165) is 36.4 Å². The van der Waals surface area contributed by atoms with Gasteiger partial charge in [0.2, 0.25) is 10.0 Å². The molecule has 4 heterocycles. The molecular formula is C24H26FN7O2S. The number of fused-ring (bicyclic) bond motifs is 1. The van der Waals surface area contributed by atoms with Crippen LogP contribution in [-0.4, -0.2) is 54.5 Å². The summed E-state index contributed by atoms with van der Waals surface area (Å²) < 4.78 is 41.5. The second-order valence-corrected chi connectivity index (χ2v) is 10.4. The Kier molecular flexibility index (Phi) is 6.12. The van der Waals surface area contributed by atoms with E-state index in [4.69, 9.17) is 0 Å². The molecule has 1 aliphatic rings. The third kappa shape index (κ3) is 4.69. The Morgan fingerprint density at radius 1 is 1.14 bits per heavy atom. The van der Waals surface area contributed by atoms with E-state index in [1.807, 2.05) is 19.3 Å². The smallest absolute Gasteiger partial charge is 0.242 e.